The van der Waals surface area contributed by atoms with Crippen LogP contribution in [0.4, 0.5) is 11.4 Å². The summed E-state index contributed by atoms with van der Waals surface area (Å²) in [5, 5.41) is 5.60. The lowest BCUT2D eigenvalue weighted by Crippen LogP contribution is -2.14. The maximum absolute atomic E-state index is 11.8. The van der Waals surface area contributed by atoms with Gasteiger partial charge in [0.25, 0.3) is 0 Å². The molecule has 0 heterocycles. The zero-order chi connectivity index (χ0) is 16.7. The van der Waals surface area contributed by atoms with E-state index in [9.17, 15) is 9.59 Å². The Morgan fingerprint density at radius 1 is 0.696 bits per heavy atom. The SMILES string of the molecule is O=C(CCCC(=O)Nc1ccc(Br)cc1)Nc1ccc(Br)cc1. The summed E-state index contributed by atoms with van der Waals surface area (Å²) in [4.78, 5) is 23.6. The van der Waals surface area contributed by atoms with Gasteiger partial charge in [0, 0.05) is 33.2 Å². The van der Waals surface area contributed by atoms with Crippen LogP contribution in [0.1, 0.15) is 19.3 Å². The first-order valence-electron chi connectivity index (χ1n) is 7.14. The van der Waals surface area contributed by atoms with Crippen LogP contribution in [-0.4, -0.2) is 11.8 Å². The summed E-state index contributed by atoms with van der Waals surface area (Å²) in [6.07, 6.45) is 1.12. The standard InChI is InChI=1S/C17H16Br2N2O2/c18-12-4-8-14(9-5-12)20-16(22)2-1-3-17(23)21-15-10-6-13(19)7-11-15/h4-11H,1-3H2,(H,20,22)(H,21,23). The quantitative estimate of drug-likeness (QED) is 0.668. The van der Waals surface area contributed by atoms with E-state index >= 15 is 0 Å². The molecule has 0 saturated carbocycles. The molecule has 0 radical (unpaired) electrons. The molecule has 2 aromatic rings. The van der Waals surface area contributed by atoms with Crippen LogP contribution in [0, 0.1) is 0 Å². The van der Waals surface area contributed by atoms with Gasteiger partial charge in [-0.05, 0) is 55.0 Å². The van der Waals surface area contributed by atoms with Crippen molar-refractivity contribution in [3.63, 3.8) is 0 Å². The third kappa shape index (κ3) is 6.54. The van der Waals surface area contributed by atoms with Gasteiger partial charge in [-0.3, -0.25) is 9.59 Å². The molecule has 0 aromatic heterocycles. The van der Waals surface area contributed by atoms with Crippen LogP contribution in [0.3, 0.4) is 0 Å². The second kappa shape index (κ2) is 8.84. The molecule has 0 aliphatic carbocycles. The Morgan fingerprint density at radius 3 is 1.39 bits per heavy atom. The van der Waals surface area contributed by atoms with E-state index in [0.29, 0.717) is 19.3 Å². The highest BCUT2D eigenvalue weighted by atomic mass is 79.9. The molecular weight excluding hydrogens is 424 g/mol. The lowest BCUT2D eigenvalue weighted by atomic mass is 10.2. The van der Waals surface area contributed by atoms with Crippen LogP contribution in [0.2, 0.25) is 0 Å². The van der Waals surface area contributed by atoms with Gasteiger partial charge in [-0.2, -0.15) is 0 Å². The number of hydrogen-bond donors (Lipinski definition) is 2. The highest BCUT2D eigenvalue weighted by Gasteiger charge is 2.06. The van der Waals surface area contributed by atoms with E-state index in [1.807, 2.05) is 48.5 Å². The molecule has 0 aliphatic rings. The van der Waals surface area contributed by atoms with Gasteiger partial charge in [-0.25, -0.2) is 0 Å². The summed E-state index contributed by atoms with van der Waals surface area (Å²) >= 11 is 6.68. The van der Waals surface area contributed by atoms with E-state index in [4.69, 9.17) is 0 Å². The predicted molar refractivity (Wildman–Crippen MR) is 99.4 cm³/mol. The Balaban J connectivity index is 1.69. The average molecular weight is 440 g/mol. The summed E-state index contributed by atoms with van der Waals surface area (Å²) in [5.41, 5.74) is 1.50. The lowest BCUT2D eigenvalue weighted by Gasteiger charge is -2.06. The second-order valence-corrected chi connectivity index (χ2v) is 6.80. The molecule has 4 nitrogen and oxygen atoms in total. The molecule has 6 heteroatoms. The molecule has 23 heavy (non-hydrogen) atoms. The van der Waals surface area contributed by atoms with Crippen molar-refractivity contribution in [2.24, 2.45) is 0 Å². The summed E-state index contributed by atoms with van der Waals surface area (Å²) in [5.74, 6) is -0.187. The Hall–Kier alpha value is -1.66. The smallest absolute Gasteiger partial charge is 0.224 e. The maximum Gasteiger partial charge on any atom is 0.224 e. The molecule has 2 amide bonds. The van der Waals surface area contributed by atoms with E-state index in [-0.39, 0.29) is 11.8 Å². The Morgan fingerprint density at radius 2 is 1.04 bits per heavy atom. The topological polar surface area (TPSA) is 58.2 Å². The molecule has 2 N–H and O–H groups in total. The van der Waals surface area contributed by atoms with Gasteiger partial charge in [-0.1, -0.05) is 31.9 Å². The summed E-state index contributed by atoms with van der Waals surface area (Å²) in [7, 11) is 0. The molecule has 120 valence electrons. The molecule has 0 spiro atoms. The third-order valence-electron chi connectivity index (χ3n) is 3.06. The van der Waals surface area contributed by atoms with Crippen LogP contribution in [0.5, 0.6) is 0 Å². The first kappa shape index (κ1) is 17.7. The van der Waals surface area contributed by atoms with Crippen LogP contribution in [-0.2, 0) is 9.59 Å². The van der Waals surface area contributed by atoms with Crippen LogP contribution >= 0.6 is 31.9 Å². The molecule has 2 aromatic carbocycles. The van der Waals surface area contributed by atoms with Crippen LogP contribution in [0.25, 0.3) is 0 Å². The lowest BCUT2D eigenvalue weighted by molar-refractivity contribution is -0.117. The van der Waals surface area contributed by atoms with Crippen molar-refractivity contribution in [1.29, 1.82) is 0 Å². The minimum absolute atomic E-state index is 0.0937. The number of anilines is 2. The zero-order valence-corrected chi connectivity index (χ0v) is 15.5. The normalized spacial score (nSPS) is 10.2. The average Bonchev–Trinajstić information content (AvgIpc) is 2.52. The Bertz CT molecular complexity index is 610. The first-order valence-corrected chi connectivity index (χ1v) is 8.72. The second-order valence-electron chi connectivity index (χ2n) is 4.96. The summed E-state index contributed by atoms with van der Waals surface area (Å²) < 4.78 is 1.92. The zero-order valence-electron chi connectivity index (χ0n) is 12.3. The van der Waals surface area contributed by atoms with Crippen molar-refractivity contribution in [2.75, 3.05) is 10.6 Å². The fraction of sp³-hybridized carbons (Fsp3) is 0.176. The molecule has 0 atom stereocenters. The van der Waals surface area contributed by atoms with Crippen LogP contribution < -0.4 is 10.6 Å². The predicted octanol–water partition coefficient (Wildman–Crippen LogP) is 4.96. The molecule has 0 saturated heterocycles. The third-order valence-corrected chi connectivity index (χ3v) is 4.12. The van der Waals surface area contributed by atoms with E-state index in [2.05, 4.69) is 42.5 Å². The minimum Gasteiger partial charge on any atom is -0.326 e. The summed E-state index contributed by atoms with van der Waals surface area (Å²) in [6.45, 7) is 0. The number of rotatable bonds is 6. The van der Waals surface area contributed by atoms with Gasteiger partial charge in [0.15, 0.2) is 0 Å². The number of hydrogen-bond acceptors (Lipinski definition) is 2. The largest absolute Gasteiger partial charge is 0.326 e. The van der Waals surface area contributed by atoms with E-state index in [1.165, 1.54) is 0 Å². The summed E-state index contributed by atoms with van der Waals surface area (Å²) in [6, 6.07) is 14.7. The van der Waals surface area contributed by atoms with Crippen molar-refractivity contribution in [3.05, 3.63) is 57.5 Å². The molecule has 0 bridgehead atoms. The van der Waals surface area contributed by atoms with Crippen molar-refractivity contribution in [3.8, 4) is 0 Å². The van der Waals surface area contributed by atoms with Crippen molar-refractivity contribution in [1.82, 2.24) is 0 Å². The number of benzene rings is 2. The van der Waals surface area contributed by atoms with Gasteiger partial charge >= 0.3 is 0 Å². The highest BCUT2D eigenvalue weighted by molar-refractivity contribution is 9.10. The van der Waals surface area contributed by atoms with Gasteiger partial charge in [0.05, 0.1) is 0 Å². The van der Waals surface area contributed by atoms with Gasteiger partial charge in [0.1, 0.15) is 0 Å². The number of amides is 2. The van der Waals surface area contributed by atoms with E-state index in [0.717, 1.165) is 20.3 Å². The maximum atomic E-state index is 11.8. The monoisotopic (exact) mass is 438 g/mol. The number of carbonyl (C=O) groups is 2. The van der Waals surface area contributed by atoms with Crippen molar-refractivity contribution < 1.29 is 9.59 Å². The van der Waals surface area contributed by atoms with Crippen molar-refractivity contribution in [2.45, 2.75) is 19.3 Å². The van der Waals surface area contributed by atoms with Crippen LogP contribution in [0.15, 0.2) is 57.5 Å². The molecule has 2 rings (SSSR count). The number of nitrogens with one attached hydrogen (secondary N) is 2. The van der Waals surface area contributed by atoms with Gasteiger partial charge in [-0.15, -0.1) is 0 Å². The van der Waals surface area contributed by atoms with Gasteiger partial charge in [0.2, 0.25) is 11.8 Å². The number of halogens is 2. The minimum atomic E-state index is -0.0937. The van der Waals surface area contributed by atoms with E-state index < -0.39 is 0 Å². The van der Waals surface area contributed by atoms with Gasteiger partial charge < -0.3 is 10.6 Å². The Kier molecular flexibility index (Phi) is 6.80. The van der Waals surface area contributed by atoms with E-state index in [1.54, 1.807) is 0 Å². The molecule has 0 aliphatic heterocycles. The fourth-order valence-electron chi connectivity index (χ4n) is 1.92. The number of carbonyl (C=O) groups excluding carboxylic acids is 2. The Labute approximate surface area is 151 Å². The first-order chi connectivity index (χ1) is 11.0. The van der Waals surface area contributed by atoms with Crippen molar-refractivity contribution >= 4 is 55.0 Å². The highest BCUT2D eigenvalue weighted by Crippen LogP contribution is 2.16. The fourth-order valence-corrected chi connectivity index (χ4v) is 2.45. The molecule has 0 fully saturated rings. The molecular formula is C17H16Br2N2O2. The molecule has 0 unspecified atom stereocenters.